The molecule has 4 nitrogen and oxygen atoms in total. The molecule has 0 saturated heterocycles. The summed E-state index contributed by atoms with van der Waals surface area (Å²) < 4.78 is 0. The summed E-state index contributed by atoms with van der Waals surface area (Å²) in [6.07, 6.45) is 0. The van der Waals surface area contributed by atoms with Crippen molar-refractivity contribution >= 4 is 51.4 Å². The molecule has 1 aromatic heterocycles. The molecule has 176 valence electrons. The maximum absolute atomic E-state index is 13.9. The van der Waals surface area contributed by atoms with E-state index in [1.165, 1.54) is 17.4 Å². The number of nitro groups is 1. The van der Waals surface area contributed by atoms with Crippen molar-refractivity contribution in [2.24, 2.45) is 0 Å². The number of nitrogens with zero attached hydrogens (tertiary/aromatic N) is 1. The fourth-order valence-corrected chi connectivity index (χ4v) is 9.06. The highest BCUT2D eigenvalue weighted by Gasteiger charge is 2.27. The Balaban J connectivity index is 1.68. The standard InChI is InChI=1S/C30H22NO3PS/c32-28(30-20-19-29(36-30)23-11-10-12-24(21-23)31(33)34)22-35(25-13-4-1-5-14-25,26-15-6-2-7-16-26)27-17-8-3-9-18-27/h1-22H. The molecule has 36 heavy (non-hydrogen) atoms. The number of Topliss-reactive ketones (excluding diaryl/α,β-unsaturated/α-hetero) is 1. The second-order valence-corrected chi connectivity index (χ2v) is 12.5. The van der Waals surface area contributed by atoms with Gasteiger partial charge in [0.2, 0.25) is 0 Å². The Hall–Kier alpha value is -4.05. The van der Waals surface area contributed by atoms with Gasteiger partial charge in [-0.1, -0.05) is 103 Å². The van der Waals surface area contributed by atoms with Gasteiger partial charge in [-0.05, 0) is 46.3 Å². The van der Waals surface area contributed by atoms with Crippen molar-refractivity contribution in [3.05, 3.63) is 142 Å². The van der Waals surface area contributed by atoms with Crippen LogP contribution >= 0.6 is 18.2 Å². The molecule has 0 bridgehead atoms. The first kappa shape index (κ1) is 23.7. The van der Waals surface area contributed by atoms with Gasteiger partial charge in [-0.2, -0.15) is 0 Å². The molecule has 0 aliphatic carbocycles. The lowest BCUT2D eigenvalue weighted by Gasteiger charge is -2.28. The van der Waals surface area contributed by atoms with E-state index in [4.69, 9.17) is 0 Å². The first-order valence-electron chi connectivity index (χ1n) is 11.4. The minimum atomic E-state index is -2.42. The van der Waals surface area contributed by atoms with Crippen molar-refractivity contribution in [2.45, 2.75) is 0 Å². The Labute approximate surface area is 213 Å². The molecule has 6 heteroatoms. The van der Waals surface area contributed by atoms with Gasteiger partial charge in [-0.3, -0.25) is 14.9 Å². The van der Waals surface area contributed by atoms with Gasteiger partial charge in [0, 0.05) is 17.0 Å². The number of nitro benzene ring substituents is 1. The zero-order chi connectivity index (χ0) is 25.0. The lowest BCUT2D eigenvalue weighted by atomic mass is 10.1. The van der Waals surface area contributed by atoms with Gasteiger partial charge in [0.25, 0.3) is 5.69 Å². The minimum absolute atomic E-state index is 0.0301. The Kier molecular flexibility index (Phi) is 6.77. The van der Waals surface area contributed by atoms with Crippen LogP contribution in [0.4, 0.5) is 5.69 Å². The van der Waals surface area contributed by atoms with Gasteiger partial charge in [-0.15, -0.1) is 11.3 Å². The number of non-ortho nitro benzene ring substituents is 1. The summed E-state index contributed by atoms with van der Waals surface area (Å²) in [7, 11) is 0. The van der Waals surface area contributed by atoms with E-state index < -0.39 is 11.8 Å². The molecule has 5 aromatic rings. The largest absolute Gasteiger partial charge is 0.288 e. The van der Waals surface area contributed by atoms with E-state index in [9.17, 15) is 14.9 Å². The summed E-state index contributed by atoms with van der Waals surface area (Å²) in [6, 6.07) is 40.8. The van der Waals surface area contributed by atoms with Gasteiger partial charge < -0.3 is 0 Å². The van der Waals surface area contributed by atoms with Crippen molar-refractivity contribution < 1.29 is 9.72 Å². The van der Waals surface area contributed by atoms with E-state index in [2.05, 4.69) is 36.4 Å². The molecule has 0 N–H and O–H groups in total. The second-order valence-electron chi connectivity index (χ2n) is 8.19. The molecule has 5 rings (SSSR count). The van der Waals surface area contributed by atoms with Crippen LogP contribution < -0.4 is 15.9 Å². The molecular weight excluding hydrogens is 485 g/mol. The van der Waals surface area contributed by atoms with E-state index in [1.807, 2.05) is 78.6 Å². The van der Waals surface area contributed by atoms with E-state index >= 15 is 0 Å². The number of ketones is 1. The van der Waals surface area contributed by atoms with Crippen molar-refractivity contribution in [1.29, 1.82) is 0 Å². The predicted molar refractivity (Wildman–Crippen MR) is 152 cm³/mol. The number of benzene rings is 4. The van der Waals surface area contributed by atoms with Gasteiger partial charge in [0.05, 0.1) is 9.80 Å². The molecule has 0 spiro atoms. The SMILES string of the molecule is O=C(C=P(c1ccccc1)(c1ccccc1)c1ccccc1)c1ccc(-c2cccc([N+](=O)[O-])c2)s1. The van der Waals surface area contributed by atoms with Crippen molar-refractivity contribution in [3.8, 4) is 10.4 Å². The number of carbonyl (C=O) groups excluding carboxylic acids is 1. The van der Waals surface area contributed by atoms with Gasteiger partial charge >= 0.3 is 0 Å². The summed E-state index contributed by atoms with van der Waals surface area (Å²) >= 11 is 1.36. The average Bonchev–Trinajstić information content (AvgIpc) is 3.44. The highest BCUT2D eigenvalue weighted by atomic mass is 32.1. The van der Waals surface area contributed by atoms with Crippen LogP contribution in [-0.4, -0.2) is 16.5 Å². The monoisotopic (exact) mass is 507 g/mol. The quantitative estimate of drug-likeness (QED) is 0.112. The summed E-state index contributed by atoms with van der Waals surface area (Å²) in [5.74, 6) is 1.86. The number of rotatable bonds is 7. The summed E-state index contributed by atoms with van der Waals surface area (Å²) in [4.78, 5) is 26.1. The van der Waals surface area contributed by atoms with Gasteiger partial charge in [0.15, 0.2) is 5.78 Å². The maximum Gasteiger partial charge on any atom is 0.270 e. The third-order valence-corrected chi connectivity index (χ3v) is 11.1. The number of carbonyl (C=O) groups is 1. The molecular formula is C30H22NO3PS. The molecule has 0 fully saturated rings. The lowest BCUT2D eigenvalue weighted by Crippen LogP contribution is -2.28. The van der Waals surface area contributed by atoms with Crippen LogP contribution in [0.2, 0.25) is 0 Å². The summed E-state index contributed by atoms with van der Waals surface area (Å²) in [5, 5.41) is 14.5. The Morgan fingerprint density at radius 2 is 1.22 bits per heavy atom. The van der Waals surface area contributed by atoms with Crippen LogP contribution in [0.1, 0.15) is 9.67 Å². The average molecular weight is 508 g/mol. The first-order valence-corrected chi connectivity index (χ1v) is 14.1. The molecule has 0 aliphatic heterocycles. The maximum atomic E-state index is 13.9. The normalized spacial score (nSPS) is 11.1. The van der Waals surface area contributed by atoms with Crippen LogP contribution in [0, 0.1) is 10.1 Å². The van der Waals surface area contributed by atoms with Crippen molar-refractivity contribution in [1.82, 2.24) is 0 Å². The van der Waals surface area contributed by atoms with Gasteiger partial charge in [-0.25, -0.2) is 0 Å². The Bertz CT molecular complexity index is 1480. The number of thiophene rings is 1. The lowest BCUT2D eigenvalue weighted by molar-refractivity contribution is -0.384. The topological polar surface area (TPSA) is 60.2 Å². The fraction of sp³-hybridized carbons (Fsp3) is 0. The highest BCUT2D eigenvalue weighted by Crippen LogP contribution is 2.44. The van der Waals surface area contributed by atoms with Crippen LogP contribution in [0.3, 0.4) is 0 Å². The zero-order valence-electron chi connectivity index (χ0n) is 19.2. The zero-order valence-corrected chi connectivity index (χ0v) is 20.9. The van der Waals surface area contributed by atoms with Crippen LogP contribution in [0.5, 0.6) is 0 Å². The van der Waals surface area contributed by atoms with Crippen LogP contribution in [-0.2, 0) is 0 Å². The molecule has 0 amide bonds. The third kappa shape index (κ3) is 4.59. The van der Waals surface area contributed by atoms with Crippen LogP contribution in [0.15, 0.2) is 127 Å². The molecule has 0 aliphatic rings. The Morgan fingerprint density at radius 3 is 1.72 bits per heavy atom. The molecule has 4 aromatic carbocycles. The summed E-state index contributed by atoms with van der Waals surface area (Å²) in [6.45, 7) is -2.42. The third-order valence-electron chi connectivity index (χ3n) is 5.99. The van der Waals surface area contributed by atoms with Gasteiger partial charge in [0.1, 0.15) is 0 Å². The van der Waals surface area contributed by atoms with E-state index in [0.717, 1.165) is 26.4 Å². The summed E-state index contributed by atoms with van der Waals surface area (Å²) in [5.41, 5.74) is 0.756. The predicted octanol–water partition coefficient (Wildman–Crippen LogP) is 6.30. The smallest absolute Gasteiger partial charge is 0.270 e. The molecule has 0 saturated carbocycles. The minimum Gasteiger partial charge on any atom is -0.288 e. The van der Waals surface area contributed by atoms with Crippen molar-refractivity contribution in [3.63, 3.8) is 0 Å². The molecule has 0 radical (unpaired) electrons. The van der Waals surface area contributed by atoms with Crippen LogP contribution in [0.25, 0.3) is 10.4 Å². The Morgan fingerprint density at radius 1 is 0.694 bits per heavy atom. The first-order chi connectivity index (χ1) is 17.6. The highest BCUT2D eigenvalue weighted by molar-refractivity contribution is 7.95. The fourth-order valence-electron chi connectivity index (χ4n) is 4.30. The number of hydrogen-bond donors (Lipinski definition) is 0. The molecule has 1 heterocycles. The molecule has 0 atom stereocenters. The number of hydrogen-bond acceptors (Lipinski definition) is 4. The van der Waals surface area contributed by atoms with E-state index in [1.54, 1.807) is 12.1 Å². The van der Waals surface area contributed by atoms with Crippen molar-refractivity contribution in [2.75, 3.05) is 0 Å². The second kappa shape index (κ2) is 10.3. The molecule has 0 unspecified atom stereocenters. The van der Waals surface area contributed by atoms with E-state index in [-0.39, 0.29) is 11.5 Å². The van der Waals surface area contributed by atoms with E-state index in [0.29, 0.717) is 4.88 Å².